The van der Waals surface area contributed by atoms with Crippen LogP contribution in [0.3, 0.4) is 0 Å². The van der Waals surface area contributed by atoms with Gasteiger partial charge in [-0.1, -0.05) is 120 Å². The monoisotopic (exact) mass is 539 g/mol. The van der Waals surface area contributed by atoms with Crippen LogP contribution in [0.4, 0.5) is 0 Å². The minimum Gasteiger partial charge on any atom is -0.272 e. The molecule has 0 unspecified atom stereocenters. The lowest BCUT2D eigenvalue weighted by Crippen LogP contribution is -2.20. The lowest BCUT2D eigenvalue weighted by atomic mass is 9.87. The van der Waals surface area contributed by atoms with Crippen LogP contribution in [-0.2, 0) is 15.6 Å². The summed E-state index contributed by atoms with van der Waals surface area (Å²) in [6, 6.07) is 24.8. The summed E-state index contributed by atoms with van der Waals surface area (Å²) in [5.74, 6) is 0.684. The van der Waals surface area contributed by atoms with Crippen LogP contribution in [0.25, 0.3) is 17.1 Å². The average Bonchev–Trinajstić information content (AvgIpc) is 3.31. The molecule has 0 bridgehead atoms. The van der Waals surface area contributed by atoms with Gasteiger partial charge in [-0.3, -0.25) is 9.36 Å². The van der Waals surface area contributed by atoms with Gasteiger partial charge in [0.15, 0.2) is 11.0 Å². The molecule has 0 radical (unpaired) electrons. The Balaban J connectivity index is 1.49. The number of thioether (sulfide) groups is 1. The average molecular weight is 540 g/mol. The number of amides is 1. The number of carbonyl (C=O) groups is 1. The van der Waals surface area contributed by atoms with Crippen LogP contribution in [0.2, 0.25) is 0 Å². The first kappa shape index (κ1) is 28.3. The van der Waals surface area contributed by atoms with Crippen LogP contribution < -0.4 is 5.43 Å². The normalized spacial score (nSPS) is 12.2. The summed E-state index contributed by atoms with van der Waals surface area (Å²) in [5.41, 5.74) is 9.30. The van der Waals surface area contributed by atoms with Crippen molar-refractivity contribution in [2.45, 2.75) is 64.5 Å². The molecule has 1 heterocycles. The minimum absolute atomic E-state index is 0.0654. The number of nitrogens with one attached hydrogen (secondary N) is 1. The molecule has 202 valence electrons. The maximum atomic E-state index is 12.6. The fourth-order valence-electron chi connectivity index (χ4n) is 4.01. The summed E-state index contributed by atoms with van der Waals surface area (Å²) >= 11 is 1.33. The Kier molecular flexibility index (Phi) is 8.40. The highest BCUT2D eigenvalue weighted by Crippen LogP contribution is 2.30. The number of nitrogens with zero attached hydrogens (tertiary/aromatic N) is 4. The SMILES string of the molecule is Cc1ccc(-n2c(SCC(=O)N/N=C\c3ccc(C(C)(C)C)cc3)nnc2-c2ccc(C(C)(C)C)cc2)cc1. The molecule has 1 N–H and O–H groups in total. The molecule has 3 aromatic carbocycles. The minimum atomic E-state index is -0.211. The van der Waals surface area contributed by atoms with E-state index in [9.17, 15) is 4.79 Å². The second-order valence-corrected chi connectivity index (χ2v) is 12.7. The molecule has 1 aromatic heterocycles. The van der Waals surface area contributed by atoms with Gasteiger partial charge in [-0.25, -0.2) is 5.43 Å². The molecule has 39 heavy (non-hydrogen) atoms. The van der Waals surface area contributed by atoms with Crippen molar-refractivity contribution in [3.05, 3.63) is 95.1 Å². The van der Waals surface area contributed by atoms with Crippen molar-refractivity contribution in [1.29, 1.82) is 0 Å². The van der Waals surface area contributed by atoms with Crippen molar-refractivity contribution in [2.75, 3.05) is 5.75 Å². The molecule has 0 saturated carbocycles. The molecule has 0 fully saturated rings. The van der Waals surface area contributed by atoms with Gasteiger partial charge in [-0.05, 0) is 46.6 Å². The van der Waals surface area contributed by atoms with Crippen LogP contribution in [0.1, 0.15) is 63.8 Å². The van der Waals surface area contributed by atoms with Crippen molar-refractivity contribution >= 4 is 23.9 Å². The number of hydrazone groups is 1. The van der Waals surface area contributed by atoms with Gasteiger partial charge in [-0.2, -0.15) is 5.10 Å². The zero-order chi connectivity index (χ0) is 28.2. The van der Waals surface area contributed by atoms with Crippen LogP contribution in [-0.4, -0.2) is 32.6 Å². The largest absolute Gasteiger partial charge is 0.272 e. The first-order valence-electron chi connectivity index (χ1n) is 13.1. The molecule has 0 aliphatic heterocycles. The molecule has 6 nitrogen and oxygen atoms in total. The Morgan fingerprint density at radius 2 is 1.41 bits per heavy atom. The van der Waals surface area contributed by atoms with Gasteiger partial charge in [-0.15, -0.1) is 10.2 Å². The number of carbonyl (C=O) groups excluding carboxylic acids is 1. The van der Waals surface area contributed by atoms with Crippen LogP contribution in [0.15, 0.2) is 83.1 Å². The van der Waals surface area contributed by atoms with Gasteiger partial charge in [0, 0.05) is 11.3 Å². The first-order chi connectivity index (χ1) is 18.4. The van der Waals surface area contributed by atoms with Gasteiger partial charge in [0.25, 0.3) is 5.91 Å². The summed E-state index contributed by atoms with van der Waals surface area (Å²) in [4.78, 5) is 12.6. The number of rotatable bonds is 7. The van der Waals surface area contributed by atoms with Crippen LogP contribution in [0.5, 0.6) is 0 Å². The van der Waals surface area contributed by atoms with Gasteiger partial charge in [0.1, 0.15) is 0 Å². The third-order valence-electron chi connectivity index (χ3n) is 6.45. The Morgan fingerprint density at radius 3 is 1.97 bits per heavy atom. The quantitative estimate of drug-likeness (QED) is 0.155. The third kappa shape index (κ3) is 7.24. The molecule has 0 aliphatic rings. The first-order valence-corrected chi connectivity index (χ1v) is 14.1. The van der Waals surface area contributed by atoms with Crippen molar-refractivity contribution in [3.8, 4) is 17.1 Å². The highest BCUT2D eigenvalue weighted by Gasteiger charge is 2.19. The molecule has 0 spiro atoms. The molecule has 4 aromatic rings. The molecule has 7 heteroatoms. The summed E-state index contributed by atoms with van der Waals surface area (Å²) in [6.07, 6.45) is 1.66. The van der Waals surface area contributed by atoms with Crippen LogP contribution >= 0.6 is 11.8 Å². The summed E-state index contributed by atoms with van der Waals surface area (Å²) in [5, 5.41) is 13.7. The Bertz CT molecular complexity index is 1440. The maximum absolute atomic E-state index is 12.6. The Morgan fingerprint density at radius 1 is 0.846 bits per heavy atom. The molecular weight excluding hydrogens is 502 g/mol. The fraction of sp³-hybridized carbons (Fsp3) is 0.312. The van der Waals surface area contributed by atoms with E-state index < -0.39 is 0 Å². The maximum Gasteiger partial charge on any atom is 0.250 e. The van der Waals surface area contributed by atoms with E-state index in [-0.39, 0.29) is 22.5 Å². The van der Waals surface area contributed by atoms with E-state index in [0.717, 1.165) is 22.6 Å². The van der Waals surface area contributed by atoms with Gasteiger partial charge < -0.3 is 0 Å². The van der Waals surface area contributed by atoms with Gasteiger partial charge in [0.05, 0.1) is 12.0 Å². The topological polar surface area (TPSA) is 72.2 Å². The van der Waals surface area contributed by atoms with Crippen LogP contribution in [0, 0.1) is 6.92 Å². The lowest BCUT2D eigenvalue weighted by molar-refractivity contribution is -0.118. The highest BCUT2D eigenvalue weighted by molar-refractivity contribution is 7.99. The number of hydrogen-bond donors (Lipinski definition) is 1. The zero-order valence-corrected chi connectivity index (χ0v) is 24.6. The Labute approximate surface area is 236 Å². The van der Waals surface area contributed by atoms with Crippen molar-refractivity contribution in [1.82, 2.24) is 20.2 Å². The molecule has 4 rings (SSSR count). The molecular formula is C32H37N5OS. The van der Waals surface area contributed by atoms with Crippen molar-refractivity contribution in [3.63, 3.8) is 0 Å². The van der Waals surface area contributed by atoms with E-state index in [1.54, 1.807) is 6.21 Å². The number of aryl methyl sites for hydroxylation is 1. The third-order valence-corrected chi connectivity index (χ3v) is 7.38. The number of benzene rings is 3. The number of hydrogen-bond acceptors (Lipinski definition) is 5. The van der Waals surface area contributed by atoms with Crippen molar-refractivity contribution in [2.24, 2.45) is 5.10 Å². The smallest absolute Gasteiger partial charge is 0.250 e. The second kappa shape index (κ2) is 11.6. The van der Waals surface area contributed by atoms with E-state index in [1.807, 2.05) is 28.8 Å². The van der Waals surface area contributed by atoms with E-state index >= 15 is 0 Å². The summed E-state index contributed by atoms with van der Waals surface area (Å²) in [6.45, 7) is 15.2. The van der Waals surface area contributed by atoms with Crippen molar-refractivity contribution < 1.29 is 4.79 Å². The zero-order valence-electron chi connectivity index (χ0n) is 23.8. The molecule has 0 saturated heterocycles. The second-order valence-electron chi connectivity index (χ2n) is 11.8. The van der Waals surface area contributed by atoms with Gasteiger partial charge >= 0.3 is 0 Å². The standard InChI is InChI=1S/C32H37N5OS/c1-22-8-18-27(19-9-22)37-29(24-12-16-26(17-13-24)32(5,6)7)35-36-30(37)39-21-28(38)34-33-20-23-10-14-25(15-11-23)31(2,3)4/h8-20H,21H2,1-7H3,(H,34,38)/b33-20-. The predicted molar refractivity (Wildman–Crippen MR) is 162 cm³/mol. The van der Waals surface area contributed by atoms with E-state index in [1.165, 1.54) is 28.5 Å². The summed E-state index contributed by atoms with van der Waals surface area (Å²) in [7, 11) is 0. The fourth-order valence-corrected chi connectivity index (χ4v) is 4.75. The predicted octanol–water partition coefficient (Wildman–Crippen LogP) is 7.08. The molecule has 0 aliphatic carbocycles. The summed E-state index contributed by atoms with van der Waals surface area (Å²) < 4.78 is 2.00. The molecule has 1 amide bonds. The van der Waals surface area contributed by atoms with Gasteiger partial charge in [0.2, 0.25) is 0 Å². The number of aromatic nitrogens is 3. The Hall–Kier alpha value is -3.71. The van der Waals surface area contributed by atoms with E-state index in [4.69, 9.17) is 0 Å². The van der Waals surface area contributed by atoms with E-state index in [2.05, 4.69) is 118 Å². The lowest BCUT2D eigenvalue weighted by Gasteiger charge is -2.19. The molecule has 0 atom stereocenters. The van der Waals surface area contributed by atoms with E-state index in [0.29, 0.717) is 5.16 Å². The highest BCUT2D eigenvalue weighted by atomic mass is 32.2.